The highest BCUT2D eigenvalue weighted by molar-refractivity contribution is 7.88. The fourth-order valence-corrected chi connectivity index (χ4v) is 3.60. The Hall–Kier alpha value is -0.910. The van der Waals surface area contributed by atoms with E-state index in [0.717, 1.165) is 37.9 Å². The lowest BCUT2D eigenvalue weighted by molar-refractivity contribution is 0.316. The Bertz CT molecular complexity index is 522. The molecule has 0 aromatic heterocycles. The van der Waals surface area contributed by atoms with E-state index in [9.17, 15) is 8.42 Å². The van der Waals surface area contributed by atoms with E-state index in [4.69, 9.17) is 0 Å². The molecule has 0 heterocycles. The Balaban J connectivity index is 1.80. The van der Waals surface area contributed by atoms with Gasteiger partial charge in [-0.3, -0.25) is 0 Å². The third-order valence-corrected chi connectivity index (χ3v) is 5.27. The van der Waals surface area contributed by atoms with Gasteiger partial charge in [-0.15, -0.1) is 0 Å². The molecular weight excluding hydrogens is 284 g/mol. The van der Waals surface area contributed by atoms with E-state index in [1.54, 1.807) is 0 Å². The molecule has 0 aliphatic heterocycles. The van der Waals surface area contributed by atoms with Crippen LogP contribution in [-0.2, 0) is 22.3 Å². The summed E-state index contributed by atoms with van der Waals surface area (Å²) in [6.07, 6.45) is 4.66. The molecule has 1 aromatic carbocycles. The van der Waals surface area contributed by atoms with E-state index in [0.29, 0.717) is 12.5 Å². The number of sulfonamides is 1. The van der Waals surface area contributed by atoms with Crippen molar-refractivity contribution in [2.45, 2.75) is 44.9 Å². The highest BCUT2D eigenvalue weighted by Gasteiger charge is 2.20. The van der Waals surface area contributed by atoms with Crippen LogP contribution in [0.4, 0.5) is 0 Å². The van der Waals surface area contributed by atoms with Gasteiger partial charge < -0.3 is 5.32 Å². The van der Waals surface area contributed by atoms with Crippen LogP contribution in [0.5, 0.6) is 0 Å². The Morgan fingerprint density at radius 2 is 1.81 bits per heavy atom. The zero-order chi connectivity index (χ0) is 15.1. The molecule has 0 amide bonds. The fraction of sp³-hybridized carbons (Fsp3) is 0.625. The molecule has 21 heavy (non-hydrogen) atoms. The molecule has 1 fully saturated rings. The van der Waals surface area contributed by atoms with E-state index in [1.165, 1.54) is 12.0 Å². The number of hydrogen-bond acceptors (Lipinski definition) is 3. The Morgan fingerprint density at radius 1 is 1.14 bits per heavy atom. The molecule has 1 saturated carbocycles. The van der Waals surface area contributed by atoms with E-state index < -0.39 is 10.0 Å². The number of nitrogens with one attached hydrogen (secondary N) is 2. The van der Waals surface area contributed by atoms with Crippen LogP contribution >= 0.6 is 0 Å². The van der Waals surface area contributed by atoms with Gasteiger partial charge in [0.05, 0.1) is 5.75 Å². The lowest BCUT2D eigenvalue weighted by Gasteiger charge is -2.25. The summed E-state index contributed by atoms with van der Waals surface area (Å²) in [5, 5.41) is 3.33. The summed E-state index contributed by atoms with van der Waals surface area (Å²) in [6, 6.07) is 7.82. The van der Waals surface area contributed by atoms with E-state index in [2.05, 4.69) is 17.0 Å². The quantitative estimate of drug-likeness (QED) is 0.689. The first-order valence-corrected chi connectivity index (χ1v) is 9.50. The van der Waals surface area contributed by atoms with Gasteiger partial charge in [0.1, 0.15) is 0 Å². The third-order valence-electron chi connectivity index (χ3n) is 3.95. The second-order valence-electron chi connectivity index (χ2n) is 5.90. The first-order valence-electron chi connectivity index (χ1n) is 7.85. The predicted molar refractivity (Wildman–Crippen MR) is 86.4 cm³/mol. The van der Waals surface area contributed by atoms with Gasteiger partial charge in [0, 0.05) is 13.1 Å². The maximum absolute atomic E-state index is 12.0. The van der Waals surface area contributed by atoms with E-state index in [-0.39, 0.29) is 5.75 Å². The number of benzene rings is 1. The monoisotopic (exact) mass is 310 g/mol. The van der Waals surface area contributed by atoms with Crippen LogP contribution in [-0.4, -0.2) is 21.5 Å². The van der Waals surface area contributed by atoms with Crippen LogP contribution in [0.1, 0.15) is 43.7 Å². The second-order valence-corrected chi connectivity index (χ2v) is 7.70. The molecule has 0 radical (unpaired) electrons. The zero-order valence-electron chi connectivity index (χ0n) is 12.8. The molecule has 0 atom stereocenters. The molecule has 5 heteroatoms. The maximum Gasteiger partial charge on any atom is 0.215 e. The van der Waals surface area contributed by atoms with Crippen LogP contribution in [0.3, 0.4) is 0 Å². The third kappa shape index (κ3) is 5.77. The topological polar surface area (TPSA) is 58.2 Å². The summed E-state index contributed by atoms with van der Waals surface area (Å²) >= 11 is 0. The Kier molecular flexibility index (Phi) is 6.21. The maximum atomic E-state index is 12.0. The van der Waals surface area contributed by atoms with Crippen LogP contribution < -0.4 is 10.0 Å². The average molecular weight is 310 g/mol. The van der Waals surface area contributed by atoms with Crippen molar-refractivity contribution in [3.8, 4) is 0 Å². The summed E-state index contributed by atoms with van der Waals surface area (Å²) in [4.78, 5) is 0. The predicted octanol–water partition coefficient (Wildman–Crippen LogP) is 2.41. The van der Waals surface area contributed by atoms with Crippen LogP contribution in [0.25, 0.3) is 0 Å². The summed E-state index contributed by atoms with van der Waals surface area (Å²) in [7, 11) is -3.21. The lowest BCUT2D eigenvalue weighted by atomic mass is 9.86. The molecular formula is C16H26N2O2S. The molecule has 2 rings (SSSR count). The molecule has 0 unspecified atom stereocenters. The largest absolute Gasteiger partial charge is 0.313 e. The van der Waals surface area contributed by atoms with Gasteiger partial charge in [0.2, 0.25) is 10.0 Å². The summed E-state index contributed by atoms with van der Waals surface area (Å²) in [6.45, 7) is 4.57. The highest BCUT2D eigenvalue weighted by Crippen LogP contribution is 2.25. The molecule has 0 bridgehead atoms. The lowest BCUT2D eigenvalue weighted by Crippen LogP contribution is -2.33. The molecule has 0 saturated heterocycles. The normalized spacial score (nSPS) is 15.9. The number of rotatable bonds is 9. The highest BCUT2D eigenvalue weighted by atomic mass is 32.2. The van der Waals surface area contributed by atoms with Gasteiger partial charge in [-0.25, -0.2) is 13.1 Å². The molecule has 118 valence electrons. The van der Waals surface area contributed by atoms with Crippen molar-refractivity contribution in [1.82, 2.24) is 10.0 Å². The van der Waals surface area contributed by atoms with Crippen molar-refractivity contribution in [2.75, 3.05) is 13.1 Å². The van der Waals surface area contributed by atoms with Crippen LogP contribution in [0, 0.1) is 5.92 Å². The molecule has 4 nitrogen and oxygen atoms in total. The standard InChI is InChI=1S/C16H26N2O2S/c1-2-10-17-11-15-6-8-16(9-7-15)13-21(19,20)18-12-14-4-3-5-14/h6-9,14,17-18H,2-5,10-13H2,1H3. The summed E-state index contributed by atoms with van der Waals surface area (Å²) in [5.74, 6) is 0.620. The minimum atomic E-state index is -3.21. The Labute approximate surface area is 128 Å². The first kappa shape index (κ1) is 16.5. The van der Waals surface area contributed by atoms with Gasteiger partial charge in [-0.05, 0) is 42.9 Å². The van der Waals surface area contributed by atoms with E-state index in [1.807, 2.05) is 24.3 Å². The molecule has 1 aliphatic rings. The zero-order valence-corrected chi connectivity index (χ0v) is 13.6. The van der Waals surface area contributed by atoms with Gasteiger partial charge in [-0.2, -0.15) is 0 Å². The summed E-state index contributed by atoms with van der Waals surface area (Å²) in [5.41, 5.74) is 2.03. The number of hydrogen-bond donors (Lipinski definition) is 2. The molecule has 0 spiro atoms. The van der Waals surface area contributed by atoms with Gasteiger partial charge in [0.25, 0.3) is 0 Å². The minimum Gasteiger partial charge on any atom is -0.313 e. The fourth-order valence-electron chi connectivity index (χ4n) is 2.38. The van der Waals surface area contributed by atoms with Crippen molar-refractivity contribution < 1.29 is 8.42 Å². The van der Waals surface area contributed by atoms with Crippen molar-refractivity contribution in [3.05, 3.63) is 35.4 Å². The summed E-state index contributed by atoms with van der Waals surface area (Å²) < 4.78 is 26.8. The van der Waals surface area contributed by atoms with Crippen molar-refractivity contribution >= 4 is 10.0 Å². The van der Waals surface area contributed by atoms with E-state index >= 15 is 0 Å². The van der Waals surface area contributed by atoms with Crippen LogP contribution in [0.15, 0.2) is 24.3 Å². The van der Waals surface area contributed by atoms with Gasteiger partial charge in [0.15, 0.2) is 0 Å². The molecule has 1 aliphatic carbocycles. The smallest absolute Gasteiger partial charge is 0.215 e. The van der Waals surface area contributed by atoms with Crippen molar-refractivity contribution in [2.24, 2.45) is 5.92 Å². The van der Waals surface area contributed by atoms with Gasteiger partial charge in [-0.1, -0.05) is 37.6 Å². The van der Waals surface area contributed by atoms with Gasteiger partial charge >= 0.3 is 0 Å². The molecule has 2 N–H and O–H groups in total. The SMILES string of the molecule is CCCNCc1ccc(CS(=O)(=O)NCC2CCC2)cc1. The molecule has 1 aromatic rings. The first-order chi connectivity index (χ1) is 10.1. The Morgan fingerprint density at radius 3 is 2.38 bits per heavy atom. The van der Waals surface area contributed by atoms with Crippen LogP contribution in [0.2, 0.25) is 0 Å². The van der Waals surface area contributed by atoms with Crippen molar-refractivity contribution in [3.63, 3.8) is 0 Å². The second kappa shape index (κ2) is 7.92. The minimum absolute atomic E-state index is 0.0718. The average Bonchev–Trinajstić information content (AvgIpc) is 2.39. The van der Waals surface area contributed by atoms with Crippen molar-refractivity contribution in [1.29, 1.82) is 0 Å².